The molecule has 0 radical (unpaired) electrons. The highest BCUT2D eigenvalue weighted by Gasteiger charge is 2.45. The van der Waals surface area contributed by atoms with Gasteiger partial charge in [0.15, 0.2) is 0 Å². The molecule has 2 atom stereocenters. The third-order valence-corrected chi connectivity index (χ3v) is 39.3. The Bertz CT molecular complexity index is 3220. The Labute approximate surface area is 811 Å². The molecule has 27 rings (SSSR count). The summed E-state index contributed by atoms with van der Waals surface area (Å²) in [6, 6.07) is 26.7. The summed E-state index contributed by atoms with van der Waals surface area (Å²) >= 11 is 4.45. The molecule has 9 saturated carbocycles. The predicted octanol–water partition coefficient (Wildman–Crippen LogP) is 24.8. The highest BCUT2D eigenvalue weighted by Crippen LogP contribution is 2.53. The number of fused-ring (bicyclic) bond motifs is 9. The summed E-state index contributed by atoms with van der Waals surface area (Å²) in [7, 11) is 0. The third kappa shape index (κ3) is 31.3. The molecule has 0 aromatic heterocycles. The van der Waals surface area contributed by atoms with E-state index in [4.69, 9.17) is 0 Å². The normalized spacial score (nSPS) is 30.6. The van der Waals surface area contributed by atoms with Crippen LogP contribution in [0.4, 0.5) is 11.4 Å². The first kappa shape index (κ1) is 110. The van der Waals surface area contributed by atoms with E-state index in [9.17, 15) is 0 Å². The maximum atomic E-state index is 3.69. The van der Waals surface area contributed by atoms with E-state index in [1.165, 1.54) is 461 Å². The minimum atomic E-state index is 0. The van der Waals surface area contributed by atoms with Crippen LogP contribution < -0.4 is 63.8 Å². The van der Waals surface area contributed by atoms with Crippen LogP contribution in [-0.4, -0.2) is 181 Å². The fraction of sp³-hybridized carbons (Fsp3) is 0.843. The van der Waals surface area contributed by atoms with Crippen molar-refractivity contribution in [3.63, 3.8) is 0 Å². The molecule has 15 heteroatoms. The molecule has 21 fully saturated rings. The Morgan fingerprint density at radius 2 is 0.662 bits per heavy atom. The number of nitrogens with one attached hydrogen (secondary N) is 12. The highest BCUT2D eigenvalue weighted by atomic mass is 32.2. The Morgan fingerprint density at radius 3 is 1.10 bits per heavy atom. The number of rotatable bonds is 0. The molecular weight excluding hydrogens is 1630 g/mol. The fourth-order valence-electron chi connectivity index (χ4n) is 28.9. The Kier molecular flexibility index (Phi) is 46.8. The van der Waals surface area contributed by atoms with Crippen molar-refractivity contribution in [2.24, 2.45) is 52.3 Å². The van der Waals surface area contributed by atoms with E-state index in [-0.39, 0.29) is 44.6 Å². The quantitative estimate of drug-likeness (QED) is 0.104. The van der Waals surface area contributed by atoms with Gasteiger partial charge in [0.05, 0.1) is 0 Å². The Hall–Kier alpha value is -2.48. The maximum Gasteiger partial charge on any atom is 0.0379 e. The fourth-order valence-corrected chi connectivity index (χ4v) is 31.9. The summed E-state index contributed by atoms with van der Waals surface area (Å²) in [5.74, 6) is 9.91. The first-order chi connectivity index (χ1) is 61.1. The van der Waals surface area contributed by atoms with E-state index in [0.29, 0.717) is 36.8 Å². The van der Waals surface area contributed by atoms with Crippen LogP contribution in [-0.2, 0) is 23.8 Å². The van der Waals surface area contributed by atoms with Gasteiger partial charge in [-0.2, -0.15) is 23.5 Å². The van der Waals surface area contributed by atoms with Crippen molar-refractivity contribution in [3.05, 3.63) is 95.1 Å². The molecule has 9 aliphatic carbocycles. The first-order valence-electron chi connectivity index (χ1n) is 54.0. The molecule has 2 unspecified atom stereocenters. The SMILES string of the molecule is C.C.C.C.C.C.C1C2CC3CC1CN(C2)C3.C1CC2CNCC(C1)C2.C1CCC2(CC1)CCC2.C1CCC2(CC1)CNCCS2.C1CCC2(CC1)CNCCS2.C1CCC2(CCNCC2)NC1.C1CNC2(C1)CCNCC2.C1NCC2CNCC1C2.c1ccc2c(c1)CC1(CCCCC1)CN2.c1ccc2c(c1)CNCC21CCCCC1.c1ccc2c(c1)NCC21CCCCC1. The lowest BCUT2D eigenvalue weighted by Gasteiger charge is -2.51. The van der Waals surface area contributed by atoms with Gasteiger partial charge in [-0.1, -0.05) is 240 Å². The molecule has 3 aromatic rings. The van der Waals surface area contributed by atoms with Crippen molar-refractivity contribution in [1.29, 1.82) is 0 Å². The molecule has 8 spiro atoms. The lowest BCUT2D eigenvalue weighted by molar-refractivity contribution is -0.0169. The molecular formula is C115H207N13S2. The highest BCUT2D eigenvalue weighted by molar-refractivity contribution is 8.01. The van der Waals surface area contributed by atoms with E-state index >= 15 is 0 Å². The van der Waals surface area contributed by atoms with Gasteiger partial charge in [0, 0.05) is 126 Å². The van der Waals surface area contributed by atoms with E-state index in [1.807, 2.05) is 0 Å². The number of anilines is 2. The number of piperidine rings is 9. The second-order valence-electron chi connectivity index (χ2n) is 45.4. The average Bonchev–Trinajstić information content (AvgIpc) is 1.63. The zero-order valence-electron chi connectivity index (χ0n) is 79.0. The van der Waals surface area contributed by atoms with Gasteiger partial charge in [-0.25, -0.2) is 0 Å². The van der Waals surface area contributed by atoms with Crippen molar-refractivity contribution in [2.45, 2.75) is 410 Å². The first-order valence-corrected chi connectivity index (χ1v) is 55.9. The van der Waals surface area contributed by atoms with E-state index in [2.05, 4.69) is 165 Å². The minimum Gasteiger partial charge on any atom is -0.384 e. The summed E-state index contributed by atoms with van der Waals surface area (Å²) in [5.41, 5.74) is 12.6. The van der Waals surface area contributed by atoms with Gasteiger partial charge < -0.3 is 68.7 Å². The smallest absolute Gasteiger partial charge is 0.0379 e. The van der Waals surface area contributed by atoms with Crippen LogP contribution >= 0.6 is 23.5 Å². The van der Waals surface area contributed by atoms with Gasteiger partial charge in [0.25, 0.3) is 0 Å². The number of benzene rings is 3. The maximum absolute atomic E-state index is 3.69. The molecule has 15 heterocycles. The number of hydrogen-bond donors (Lipinski definition) is 12. The van der Waals surface area contributed by atoms with E-state index < -0.39 is 0 Å². The molecule has 12 saturated heterocycles. The van der Waals surface area contributed by atoms with Gasteiger partial charge in [-0.15, -0.1) is 0 Å². The second-order valence-corrected chi connectivity index (χ2v) is 48.5. The average molecular weight is 1840 g/mol. The minimum absolute atomic E-state index is 0. The zero-order valence-corrected chi connectivity index (χ0v) is 80.6. The largest absolute Gasteiger partial charge is 0.384 e. The van der Waals surface area contributed by atoms with Gasteiger partial charge in [-0.3, -0.25) is 0 Å². The molecule has 24 aliphatic rings. The van der Waals surface area contributed by atoms with E-state index in [1.54, 1.807) is 56.1 Å². The van der Waals surface area contributed by atoms with E-state index in [0.717, 1.165) is 53.4 Å². The van der Waals surface area contributed by atoms with Crippen molar-refractivity contribution in [3.8, 4) is 0 Å². The molecule has 8 bridgehead atoms. The van der Waals surface area contributed by atoms with Crippen LogP contribution in [0.2, 0.25) is 0 Å². The lowest BCUT2D eigenvalue weighted by Crippen LogP contribution is -2.54. The number of hydrogen-bond acceptors (Lipinski definition) is 15. The van der Waals surface area contributed by atoms with Gasteiger partial charge in [-0.05, 0) is 358 Å². The lowest BCUT2D eigenvalue weighted by atomic mass is 9.61. The van der Waals surface area contributed by atoms with Gasteiger partial charge in [0.1, 0.15) is 0 Å². The standard InChI is InChI=1S/2C14H19N.C13H17N.C9H18N2.2C9H17NS.C9H15N.C9H16.C8H16N2.C8H15N.C7H14N2.6CH4/c1-4-8-14(9-5-1)11-15-10-12-6-2-3-7-13(12)14;1-4-8-14(9-5-1)10-12-6-2-3-7-13(12)15-11-14;1-4-8-13(9-5-1)10-14-12-7-3-2-6-11(12)13;1-2-6-11-9(3-1)4-7-10-8-5-9;2*1-2-4-9(5-3-1)8-10-6-7-11-9;1-7-2-9-3-8(1)5-10(4-7)6-9;1-2-5-9(6-3-1)7-4-8-9;1-2-8(10-5-1)3-6-9-7-4-8;1-2-7-4-8(3-1)6-9-5-7;1-6-2-8-4-7(1)5-9-3-6;;;;;;/h2*2-3,6-7,15H,1,4-5,8-11H2;2-3,6-7,14H,1,4-5,8-10H2;10-11H,1-8H2;2*10H,1-8H2;7-9H,1-6H2;1-8H2;9-10H,1-7H2;7-9H,1-6H2;6-9H,1-5H2;6*1H4. The van der Waals surface area contributed by atoms with Crippen molar-refractivity contribution in [2.75, 3.05) is 166 Å². The molecule has 12 N–H and O–H groups in total. The van der Waals surface area contributed by atoms with Gasteiger partial charge >= 0.3 is 0 Å². The molecule has 15 aliphatic heterocycles. The molecule has 0 amide bonds. The number of thioether (sulfide) groups is 2. The second kappa shape index (κ2) is 55.5. The van der Waals surface area contributed by atoms with Crippen LogP contribution in [0.3, 0.4) is 0 Å². The van der Waals surface area contributed by atoms with Crippen LogP contribution in [0.25, 0.3) is 0 Å². The Balaban J connectivity index is 0.000000149. The third-order valence-electron chi connectivity index (χ3n) is 36.1. The van der Waals surface area contributed by atoms with Crippen molar-refractivity contribution >= 4 is 34.9 Å². The summed E-state index contributed by atoms with van der Waals surface area (Å²) < 4.78 is 1.33. The van der Waals surface area contributed by atoms with Crippen molar-refractivity contribution < 1.29 is 0 Å². The Morgan fingerprint density at radius 1 is 0.269 bits per heavy atom. The van der Waals surface area contributed by atoms with Crippen LogP contribution in [0.15, 0.2) is 72.8 Å². The van der Waals surface area contributed by atoms with Crippen molar-refractivity contribution in [1.82, 2.24) is 58.1 Å². The predicted molar refractivity (Wildman–Crippen MR) is 574 cm³/mol. The van der Waals surface area contributed by atoms with Crippen LogP contribution in [0.5, 0.6) is 0 Å². The van der Waals surface area contributed by atoms with Crippen LogP contribution in [0, 0.1) is 52.3 Å². The summed E-state index contributed by atoms with van der Waals surface area (Å²) in [5, 5.41) is 42.4. The zero-order chi connectivity index (χ0) is 84.2. The summed E-state index contributed by atoms with van der Waals surface area (Å²) in [6.07, 6.45) is 74.1. The molecule has 3 aromatic carbocycles. The summed E-state index contributed by atoms with van der Waals surface area (Å²) in [6.45, 7) is 28.9. The molecule has 130 heavy (non-hydrogen) atoms. The van der Waals surface area contributed by atoms with Gasteiger partial charge in [0.2, 0.25) is 0 Å². The summed E-state index contributed by atoms with van der Waals surface area (Å²) in [4.78, 5) is 2.69. The molecule has 13 nitrogen and oxygen atoms in total. The number of nitrogens with zero attached hydrogens (tertiary/aromatic N) is 1. The molecule has 744 valence electrons. The topological polar surface area (TPSA) is 148 Å². The van der Waals surface area contributed by atoms with Crippen LogP contribution in [0.1, 0.15) is 388 Å². The monoisotopic (exact) mass is 1830 g/mol. The number of para-hydroxylation sites is 2.